The molecule has 2 aliphatic heterocycles. The average molecular weight is 334 g/mol. The van der Waals surface area contributed by atoms with Crippen LogP contribution in [0.2, 0.25) is 0 Å². The third-order valence-electron chi connectivity index (χ3n) is 4.50. The second-order valence-corrected chi connectivity index (χ2v) is 7.42. The van der Waals surface area contributed by atoms with E-state index in [0.29, 0.717) is 12.5 Å². The molecule has 3 heterocycles. The molecule has 126 valence electrons. The summed E-state index contributed by atoms with van der Waals surface area (Å²) in [6.07, 6.45) is 7.11. The van der Waals surface area contributed by atoms with Crippen LogP contribution in [0.3, 0.4) is 0 Å². The van der Waals surface area contributed by atoms with E-state index in [1.807, 2.05) is 24.0 Å². The fourth-order valence-corrected chi connectivity index (χ4v) is 4.00. The quantitative estimate of drug-likeness (QED) is 0.679. The number of hydrogen-bond acceptors (Lipinski definition) is 4. The molecular formula is C17H27N5S. The van der Waals surface area contributed by atoms with Crippen molar-refractivity contribution in [3.05, 3.63) is 23.9 Å². The smallest absolute Gasteiger partial charge is 0.191 e. The topological polar surface area (TPSA) is 57.8 Å². The summed E-state index contributed by atoms with van der Waals surface area (Å²) >= 11 is 1.98. The van der Waals surface area contributed by atoms with Crippen molar-refractivity contribution in [2.75, 3.05) is 42.6 Å². The third kappa shape index (κ3) is 4.77. The van der Waals surface area contributed by atoms with Crippen LogP contribution in [0, 0.1) is 0 Å². The Kier molecular flexibility index (Phi) is 6.02. The summed E-state index contributed by atoms with van der Waals surface area (Å²) in [6, 6.07) is 4.22. The van der Waals surface area contributed by atoms with Gasteiger partial charge in [-0.3, -0.25) is 0 Å². The van der Waals surface area contributed by atoms with Crippen molar-refractivity contribution >= 4 is 23.5 Å². The van der Waals surface area contributed by atoms with E-state index < -0.39 is 0 Å². The van der Waals surface area contributed by atoms with Gasteiger partial charge in [0.1, 0.15) is 5.82 Å². The lowest BCUT2D eigenvalue weighted by Gasteiger charge is -2.27. The van der Waals surface area contributed by atoms with Crippen molar-refractivity contribution < 1.29 is 0 Å². The molecule has 5 nitrogen and oxygen atoms in total. The molecule has 23 heavy (non-hydrogen) atoms. The minimum atomic E-state index is 0.638. The molecule has 0 unspecified atom stereocenters. The SMILES string of the molecule is NC(=NCc1ccnc(N2CCCCCC2)c1)N1CCSCC1. The maximum Gasteiger partial charge on any atom is 0.191 e. The first kappa shape index (κ1) is 16.4. The molecule has 6 heteroatoms. The second-order valence-electron chi connectivity index (χ2n) is 6.20. The Balaban J connectivity index is 1.62. The molecule has 0 atom stereocenters. The summed E-state index contributed by atoms with van der Waals surface area (Å²) in [4.78, 5) is 13.7. The first-order chi connectivity index (χ1) is 11.3. The molecule has 0 aliphatic carbocycles. The summed E-state index contributed by atoms with van der Waals surface area (Å²) in [6.45, 7) is 4.89. The molecular weight excluding hydrogens is 306 g/mol. The maximum atomic E-state index is 6.14. The number of anilines is 1. The van der Waals surface area contributed by atoms with Crippen LogP contribution in [0.25, 0.3) is 0 Å². The molecule has 0 aromatic carbocycles. The minimum absolute atomic E-state index is 0.638. The van der Waals surface area contributed by atoms with Gasteiger partial charge >= 0.3 is 0 Å². The van der Waals surface area contributed by atoms with E-state index in [4.69, 9.17) is 5.73 Å². The van der Waals surface area contributed by atoms with E-state index in [2.05, 4.69) is 25.8 Å². The Bertz CT molecular complexity index is 519. The van der Waals surface area contributed by atoms with Gasteiger partial charge in [0, 0.05) is 43.9 Å². The molecule has 2 saturated heterocycles. The second kappa shape index (κ2) is 8.43. The molecule has 1 aromatic heterocycles. The molecule has 2 aliphatic rings. The van der Waals surface area contributed by atoms with Gasteiger partial charge in [0.15, 0.2) is 5.96 Å². The van der Waals surface area contributed by atoms with Gasteiger partial charge in [-0.2, -0.15) is 11.8 Å². The Morgan fingerprint density at radius 1 is 1.13 bits per heavy atom. The van der Waals surface area contributed by atoms with Gasteiger partial charge < -0.3 is 15.5 Å². The van der Waals surface area contributed by atoms with Crippen molar-refractivity contribution in [3.63, 3.8) is 0 Å². The number of hydrogen-bond donors (Lipinski definition) is 1. The highest BCUT2D eigenvalue weighted by Gasteiger charge is 2.13. The van der Waals surface area contributed by atoms with Gasteiger partial charge in [0.2, 0.25) is 0 Å². The van der Waals surface area contributed by atoms with E-state index in [9.17, 15) is 0 Å². The zero-order valence-corrected chi connectivity index (χ0v) is 14.6. The standard InChI is InChI=1S/C17H27N5S/c18-17(22-9-11-23-12-10-22)20-14-15-5-6-19-16(13-15)21-7-3-1-2-4-8-21/h5-6,13H,1-4,7-12,14H2,(H2,18,20). The first-order valence-electron chi connectivity index (χ1n) is 8.65. The van der Waals surface area contributed by atoms with Crippen LogP contribution in [0.1, 0.15) is 31.2 Å². The van der Waals surface area contributed by atoms with Crippen LogP contribution in [-0.4, -0.2) is 53.5 Å². The summed E-state index contributed by atoms with van der Waals surface area (Å²) in [5, 5.41) is 0. The molecule has 0 amide bonds. The molecule has 2 N–H and O–H groups in total. The van der Waals surface area contributed by atoms with Gasteiger partial charge in [-0.25, -0.2) is 9.98 Å². The molecule has 0 radical (unpaired) electrons. The number of thioether (sulfide) groups is 1. The van der Waals surface area contributed by atoms with Crippen LogP contribution in [0.15, 0.2) is 23.3 Å². The predicted molar refractivity (Wildman–Crippen MR) is 99.1 cm³/mol. The molecule has 0 spiro atoms. The van der Waals surface area contributed by atoms with Crippen molar-refractivity contribution in [1.29, 1.82) is 0 Å². The van der Waals surface area contributed by atoms with Gasteiger partial charge in [-0.1, -0.05) is 12.8 Å². The summed E-state index contributed by atoms with van der Waals surface area (Å²) in [5.74, 6) is 4.06. The number of pyridine rings is 1. The lowest BCUT2D eigenvalue weighted by atomic mass is 10.2. The maximum absolute atomic E-state index is 6.14. The van der Waals surface area contributed by atoms with E-state index in [-0.39, 0.29) is 0 Å². The lowest BCUT2D eigenvalue weighted by Crippen LogP contribution is -2.42. The summed E-state index contributed by atoms with van der Waals surface area (Å²) < 4.78 is 0. The first-order valence-corrected chi connectivity index (χ1v) is 9.81. The zero-order chi connectivity index (χ0) is 15.9. The summed E-state index contributed by atoms with van der Waals surface area (Å²) in [7, 11) is 0. The van der Waals surface area contributed by atoms with Gasteiger partial charge in [-0.05, 0) is 30.5 Å². The number of aromatic nitrogens is 1. The number of nitrogens with zero attached hydrogens (tertiary/aromatic N) is 4. The van der Waals surface area contributed by atoms with Gasteiger partial charge in [-0.15, -0.1) is 0 Å². The van der Waals surface area contributed by atoms with Crippen LogP contribution in [0.5, 0.6) is 0 Å². The Morgan fingerprint density at radius 2 is 1.87 bits per heavy atom. The van der Waals surface area contributed by atoms with Crippen molar-refractivity contribution in [3.8, 4) is 0 Å². The van der Waals surface area contributed by atoms with Crippen LogP contribution >= 0.6 is 11.8 Å². The molecule has 0 saturated carbocycles. The molecule has 3 rings (SSSR count). The number of guanidine groups is 1. The Hall–Kier alpha value is -1.43. The minimum Gasteiger partial charge on any atom is -0.370 e. The van der Waals surface area contributed by atoms with Gasteiger partial charge in [0.05, 0.1) is 6.54 Å². The summed E-state index contributed by atoms with van der Waals surface area (Å²) in [5.41, 5.74) is 7.33. The fourth-order valence-electron chi connectivity index (χ4n) is 3.10. The van der Waals surface area contributed by atoms with Gasteiger partial charge in [0.25, 0.3) is 0 Å². The van der Waals surface area contributed by atoms with Crippen LogP contribution < -0.4 is 10.6 Å². The highest BCUT2D eigenvalue weighted by molar-refractivity contribution is 7.99. The van der Waals surface area contributed by atoms with Crippen molar-refractivity contribution in [2.24, 2.45) is 10.7 Å². The monoisotopic (exact) mass is 333 g/mol. The fraction of sp³-hybridized carbons (Fsp3) is 0.647. The predicted octanol–water partition coefficient (Wildman–Crippen LogP) is 2.33. The zero-order valence-electron chi connectivity index (χ0n) is 13.8. The largest absolute Gasteiger partial charge is 0.370 e. The van der Waals surface area contributed by atoms with E-state index in [1.165, 1.54) is 31.2 Å². The van der Waals surface area contributed by atoms with E-state index >= 15 is 0 Å². The Morgan fingerprint density at radius 3 is 2.61 bits per heavy atom. The molecule has 1 aromatic rings. The third-order valence-corrected chi connectivity index (χ3v) is 5.44. The molecule has 2 fully saturated rings. The van der Waals surface area contributed by atoms with Crippen molar-refractivity contribution in [2.45, 2.75) is 32.2 Å². The molecule has 0 bridgehead atoms. The number of nitrogens with two attached hydrogens (primary N) is 1. The highest BCUT2D eigenvalue weighted by Crippen LogP contribution is 2.18. The van der Waals surface area contributed by atoms with Crippen LogP contribution in [0.4, 0.5) is 5.82 Å². The normalized spacial score (nSPS) is 20.4. The van der Waals surface area contributed by atoms with E-state index in [0.717, 1.165) is 43.5 Å². The average Bonchev–Trinajstić information content (AvgIpc) is 2.90. The number of rotatable bonds is 3. The number of aliphatic imine (C=N–C) groups is 1. The highest BCUT2D eigenvalue weighted by atomic mass is 32.2. The van der Waals surface area contributed by atoms with Crippen LogP contribution in [-0.2, 0) is 6.54 Å². The van der Waals surface area contributed by atoms with Crippen molar-refractivity contribution in [1.82, 2.24) is 9.88 Å². The van der Waals surface area contributed by atoms with E-state index in [1.54, 1.807) is 0 Å². The Labute approximate surface area is 143 Å². The lowest BCUT2D eigenvalue weighted by molar-refractivity contribution is 0.455.